The summed E-state index contributed by atoms with van der Waals surface area (Å²) < 4.78 is 0. The fourth-order valence-corrected chi connectivity index (χ4v) is 2.24. The molecule has 0 saturated carbocycles. The summed E-state index contributed by atoms with van der Waals surface area (Å²) in [5.74, 6) is 0.381. The molecule has 3 aromatic rings. The van der Waals surface area contributed by atoms with Crippen LogP contribution >= 0.6 is 0 Å². The molecular formula is C19H18N4O. The van der Waals surface area contributed by atoms with Crippen molar-refractivity contribution in [2.24, 2.45) is 0 Å². The van der Waals surface area contributed by atoms with Crippen molar-refractivity contribution < 1.29 is 4.79 Å². The normalized spacial score (nSPS) is 10.2. The minimum Gasteiger partial charge on any atom is -0.368 e. The molecule has 2 aromatic carbocycles. The Morgan fingerprint density at radius 3 is 2.21 bits per heavy atom. The third-order valence-electron chi connectivity index (χ3n) is 3.49. The molecule has 0 aliphatic carbocycles. The SMILES string of the molecule is O=C(Nc1ccccc1)c1ccc(NCCc2ccccc2)nn1. The predicted octanol–water partition coefficient (Wildman–Crippen LogP) is 3.38. The molecule has 0 aliphatic heterocycles. The first-order chi connectivity index (χ1) is 11.8. The summed E-state index contributed by atoms with van der Waals surface area (Å²) >= 11 is 0. The molecule has 0 spiro atoms. The number of rotatable bonds is 6. The Balaban J connectivity index is 1.52. The quantitative estimate of drug-likeness (QED) is 0.731. The number of anilines is 2. The van der Waals surface area contributed by atoms with E-state index in [0.29, 0.717) is 5.82 Å². The molecule has 0 aliphatic rings. The van der Waals surface area contributed by atoms with Gasteiger partial charge in [-0.15, -0.1) is 10.2 Å². The van der Waals surface area contributed by atoms with Crippen molar-refractivity contribution in [2.75, 3.05) is 17.2 Å². The standard InChI is InChI=1S/C19H18N4O/c24-19(21-16-9-5-2-6-10-16)17-11-12-18(23-22-17)20-14-13-15-7-3-1-4-8-15/h1-12H,13-14H2,(H,20,23)(H,21,24). The van der Waals surface area contributed by atoms with Gasteiger partial charge in [0.05, 0.1) is 0 Å². The lowest BCUT2D eigenvalue weighted by atomic mass is 10.1. The van der Waals surface area contributed by atoms with Gasteiger partial charge < -0.3 is 10.6 Å². The van der Waals surface area contributed by atoms with Crippen molar-refractivity contribution in [1.82, 2.24) is 10.2 Å². The summed E-state index contributed by atoms with van der Waals surface area (Å²) in [5, 5.41) is 14.0. The lowest BCUT2D eigenvalue weighted by Gasteiger charge is -2.06. The number of amides is 1. The third kappa shape index (κ3) is 4.39. The van der Waals surface area contributed by atoms with Gasteiger partial charge >= 0.3 is 0 Å². The van der Waals surface area contributed by atoms with E-state index in [-0.39, 0.29) is 11.6 Å². The van der Waals surface area contributed by atoms with E-state index in [1.165, 1.54) is 5.56 Å². The Labute approximate surface area is 140 Å². The second-order valence-electron chi connectivity index (χ2n) is 5.29. The van der Waals surface area contributed by atoms with Gasteiger partial charge in [-0.05, 0) is 36.2 Å². The van der Waals surface area contributed by atoms with Crippen LogP contribution < -0.4 is 10.6 Å². The lowest BCUT2D eigenvalue weighted by molar-refractivity contribution is 0.102. The van der Waals surface area contributed by atoms with Crippen LogP contribution in [-0.4, -0.2) is 22.6 Å². The Kier molecular flexibility index (Phi) is 5.14. The number of carbonyl (C=O) groups is 1. The van der Waals surface area contributed by atoms with Crippen LogP contribution in [0.1, 0.15) is 16.1 Å². The number of aromatic nitrogens is 2. The molecule has 5 heteroatoms. The van der Waals surface area contributed by atoms with Gasteiger partial charge in [0.25, 0.3) is 5.91 Å². The fourth-order valence-electron chi connectivity index (χ4n) is 2.24. The van der Waals surface area contributed by atoms with E-state index in [4.69, 9.17) is 0 Å². The molecule has 1 heterocycles. The highest BCUT2D eigenvalue weighted by atomic mass is 16.1. The molecule has 2 N–H and O–H groups in total. The van der Waals surface area contributed by atoms with Gasteiger partial charge in [0.2, 0.25) is 0 Å². The van der Waals surface area contributed by atoms with Gasteiger partial charge in [-0.1, -0.05) is 48.5 Å². The van der Waals surface area contributed by atoms with E-state index in [1.807, 2.05) is 48.5 Å². The van der Waals surface area contributed by atoms with Crippen molar-refractivity contribution >= 4 is 17.4 Å². The molecule has 120 valence electrons. The van der Waals surface area contributed by atoms with Crippen molar-refractivity contribution in [3.05, 3.63) is 84.1 Å². The molecule has 0 unspecified atom stereocenters. The van der Waals surface area contributed by atoms with Crippen LogP contribution in [0.15, 0.2) is 72.8 Å². The molecule has 1 amide bonds. The van der Waals surface area contributed by atoms with Crippen LogP contribution in [0.5, 0.6) is 0 Å². The molecule has 0 atom stereocenters. The molecule has 0 bridgehead atoms. The molecule has 1 aromatic heterocycles. The third-order valence-corrected chi connectivity index (χ3v) is 3.49. The van der Waals surface area contributed by atoms with E-state index >= 15 is 0 Å². The van der Waals surface area contributed by atoms with E-state index in [9.17, 15) is 4.79 Å². The lowest BCUT2D eigenvalue weighted by Crippen LogP contribution is -2.15. The van der Waals surface area contributed by atoms with Crippen LogP contribution in [0.3, 0.4) is 0 Å². The van der Waals surface area contributed by atoms with Gasteiger partial charge in [0.15, 0.2) is 5.69 Å². The maximum absolute atomic E-state index is 12.1. The van der Waals surface area contributed by atoms with Gasteiger partial charge in [-0.3, -0.25) is 4.79 Å². The zero-order valence-corrected chi connectivity index (χ0v) is 13.1. The van der Waals surface area contributed by atoms with Crippen molar-refractivity contribution in [2.45, 2.75) is 6.42 Å². The van der Waals surface area contributed by atoms with Crippen molar-refractivity contribution in [3.63, 3.8) is 0 Å². The average Bonchev–Trinajstić information content (AvgIpc) is 2.64. The maximum Gasteiger partial charge on any atom is 0.276 e. The number of nitrogens with zero attached hydrogens (tertiary/aromatic N) is 2. The minimum atomic E-state index is -0.274. The first kappa shape index (κ1) is 15.7. The zero-order chi connectivity index (χ0) is 16.6. The van der Waals surface area contributed by atoms with E-state index in [1.54, 1.807) is 12.1 Å². The number of hydrogen-bond donors (Lipinski definition) is 2. The molecule has 3 rings (SSSR count). The molecule has 5 nitrogen and oxygen atoms in total. The van der Waals surface area contributed by atoms with Gasteiger partial charge in [0.1, 0.15) is 5.82 Å². The topological polar surface area (TPSA) is 66.9 Å². The molecule has 0 saturated heterocycles. The highest BCUT2D eigenvalue weighted by Gasteiger charge is 2.08. The number of hydrogen-bond acceptors (Lipinski definition) is 4. The zero-order valence-electron chi connectivity index (χ0n) is 13.1. The smallest absolute Gasteiger partial charge is 0.276 e. The van der Waals surface area contributed by atoms with Crippen molar-refractivity contribution in [1.29, 1.82) is 0 Å². The van der Waals surface area contributed by atoms with E-state index in [0.717, 1.165) is 18.7 Å². The Bertz CT molecular complexity index is 773. The maximum atomic E-state index is 12.1. The van der Waals surface area contributed by atoms with E-state index in [2.05, 4.69) is 33.0 Å². The van der Waals surface area contributed by atoms with Gasteiger partial charge in [-0.25, -0.2) is 0 Å². The minimum absolute atomic E-state index is 0.274. The summed E-state index contributed by atoms with van der Waals surface area (Å²) in [6, 6.07) is 22.9. The predicted molar refractivity (Wildman–Crippen MR) is 95.1 cm³/mol. The van der Waals surface area contributed by atoms with Crippen LogP contribution in [0.25, 0.3) is 0 Å². The molecular weight excluding hydrogens is 300 g/mol. The summed E-state index contributed by atoms with van der Waals surface area (Å²) in [7, 11) is 0. The number of para-hydroxylation sites is 1. The fraction of sp³-hybridized carbons (Fsp3) is 0.105. The summed E-state index contributed by atoms with van der Waals surface area (Å²) in [6.45, 7) is 0.758. The Morgan fingerprint density at radius 2 is 1.54 bits per heavy atom. The molecule has 24 heavy (non-hydrogen) atoms. The van der Waals surface area contributed by atoms with Crippen LogP contribution in [0.2, 0.25) is 0 Å². The molecule has 0 radical (unpaired) electrons. The number of carbonyl (C=O) groups excluding carboxylic acids is 1. The van der Waals surface area contributed by atoms with Gasteiger partial charge in [0, 0.05) is 12.2 Å². The highest BCUT2D eigenvalue weighted by Crippen LogP contribution is 2.08. The van der Waals surface area contributed by atoms with E-state index < -0.39 is 0 Å². The second-order valence-corrected chi connectivity index (χ2v) is 5.29. The first-order valence-corrected chi connectivity index (χ1v) is 7.79. The second kappa shape index (κ2) is 7.87. The van der Waals surface area contributed by atoms with Crippen molar-refractivity contribution in [3.8, 4) is 0 Å². The number of benzene rings is 2. The largest absolute Gasteiger partial charge is 0.368 e. The summed E-state index contributed by atoms with van der Waals surface area (Å²) in [6.07, 6.45) is 0.902. The summed E-state index contributed by atoms with van der Waals surface area (Å²) in [4.78, 5) is 12.1. The van der Waals surface area contributed by atoms with Gasteiger partial charge in [-0.2, -0.15) is 0 Å². The monoisotopic (exact) mass is 318 g/mol. The highest BCUT2D eigenvalue weighted by molar-refractivity contribution is 6.02. The average molecular weight is 318 g/mol. The number of nitrogens with one attached hydrogen (secondary N) is 2. The summed E-state index contributed by atoms with van der Waals surface area (Å²) in [5.41, 5.74) is 2.28. The van der Waals surface area contributed by atoms with Crippen LogP contribution in [-0.2, 0) is 6.42 Å². The first-order valence-electron chi connectivity index (χ1n) is 7.79. The molecule has 0 fully saturated rings. The van der Waals surface area contributed by atoms with Crippen LogP contribution in [0, 0.1) is 0 Å². The Hall–Kier alpha value is -3.21. The van der Waals surface area contributed by atoms with Crippen LogP contribution in [0.4, 0.5) is 11.5 Å². The Morgan fingerprint density at radius 1 is 0.833 bits per heavy atom.